The third-order valence-corrected chi connectivity index (χ3v) is 5.77. The summed E-state index contributed by atoms with van der Waals surface area (Å²) in [5.74, 6) is 1.92. The van der Waals surface area contributed by atoms with E-state index in [0.29, 0.717) is 11.6 Å². The Kier molecular flexibility index (Phi) is 3.55. The van der Waals surface area contributed by atoms with E-state index < -0.39 is 0 Å². The molecule has 0 radical (unpaired) electrons. The van der Waals surface area contributed by atoms with E-state index in [4.69, 9.17) is 0 Å². The van der Waals surface area contributed by atoms with Gasteiger partial charge in [-0.2, -0.15) is 0 Å². The van der Waals surface area contributed by atoms with Gasteiger partial charge in [0.1, 0.15) is 0 Å². The molecule has 2 saturated carbocycles. The van der Waals surface area contributed by atoms with Gasteiger partial charge in [0.25, 0.3) is 0 Å². The average Bonchev–Trinajstić information content (AvgIpc) is 3.36. The van der Waals surface area contributed by atoms with Gasteiger partial charge in [-0.1, -0.05) is 30.3 Å². The molecule has 0 amide bonds. The standard InChI is InChI=1S/C19H28N2/c1-19(17-9-10-17)14-21(13-16-7-8-16)18(12-20-19)11-15-5-3-2-4-6-15/h2-6,16-18,20H,7-14H2,1H3. The summed E-state index contributed by atoms with van der Waals surface area (Å²) in [6.07, 6.45) is 6.99. The van der Waals surface area contributed by atoms with Crippen LogP contribution in [0.2, 0.25) is 0 Å². The minimum absolute atomic E-state index is 0.377. The van der Waals surface area contributed by atoms with Gasteiger partial charge >= 0.3 is 0 Å². The Balaban J connectivity index is 1.46. The van der Waals surface area contributed by atoms with Crippen LogP contribution in [0.1, 0.15) is 38.2 Å². The molecule has 114 valence electrons. The van der Waals surface area contributed by atoms with E-state index in [1.54, 1.807) is 0 Å². The van der Waals surface area contributed by atoms with Crippen LogP contribution in [0.3, 0.4) is 0 Å². The number of piperazine rings is 1. The number of nitrogens with zero attached hydrogens (tertiary/aromatic N) is 1. The third-order valence-electron chi connectivity index (χ3n) is 5.77. The highest BCUT2D eigenvalue weighted by Gasteiger charge is 2.46. The Hall–Kier alpha value is -0.860. The van der Waals surface area contributed by atoms with E-state index in [1.807, 2.05) is 0 Å². The summed E-state index contributed by atoms with van der Waals surface area (Å²) < 4.78 is 0. The largest absolute Gasteiger partial charge is 0.308 e. The Labute approximate surface area is 128 Å². The average molecular weight is 284 g/mol. The van der Waals surface area contributed by atoms with Crippen molar-refractivity contribution in [1.82, 2.24) is 10.2 Å². The molecule has 0 aromatic heterocycles. The topological polar surface area (TPSA) is 15.3 Å². The Morgan fingerprint density at radius 1 is 1.14 bits per heavy atom. The van der Waals surface area contributed by atoms with Crippen LogP contribution in [0.15, 0.2) is 30.3 Å². The van der Waals surface area contributed by atoms with E-state index in [1.165, 1.54) is 50.8 Å². The summed E-state index contributed by atoms with van der Waals surface area (Å²) >= 11 is 0. The monoisotopic (exact) mass is 284 g/mol. The maximum absolute atomic E-state index is 3.91. The molecule has 1 aliphatic heterocycles. The van der Waals surface area contributed by atoms with Gasteiger partial charge < -0.3 is 5.32 Å². The van der Waals surface area contributed by atoms with Gasteiger partial charge in [-0.15, -0.1) is 0 Å². The third kappa shape index (κ3) is 3.17. The Bertz CT molecular complexity index is 478. The predicted molar refractivity (Wildman–Crippen MR) is 87.4 cm³/mol. The van der Waals surface area contributed by atoms with Crippen LogP contribution in [0.25, 0.3) is 0 Å². The molecule has 3 aliphatic rings. The first-order valence-electron chi connectivity index (χ1n) is 8.76. The summed E-state index contributed by atoms with van der Waals surface area (Å²) in [4.78, 5) is 2.82. The second kappa shape index (κ2) is 5.40. The molecular formula is C19H28N2. The lowest BCUT2D eigenvalue weighted by molar-refractivity contribution is 0.0709. The second-order valence-electron chi connectivity index (χ2n) is 7.79. The fraction of sp³-hybridized carbons (Fsp3) is 0.684. The van der Waals surface area contributed by atoms with Crippen molar-refractivity contribution in [1.29, 1.82) is 0 Å². The molecule has 2 aliphatic carbocycles. The molecule has 3 fully saturated rings. The SMILES string of the molecule is CC1(C2CC2)CN(CC2CC2)C(Cc2ccccc2)CN1. The normalized spacial score (nSPS) is 34.0. The predicted octanol–water partition coefficient (Wildman–Crippen LogP) is 3.08. The minimum atomic E-state index is 0.377. The summed E-state index contributed by atoms with van der Waals surface area (Å²) in [7, 11) is 0. The first-order chi connectivity index (χ1) is 10.2. The molecule has 1 heterocycles. The highest BCUT2D eigenvalue weighted by molar-refractivity contribution is 5.17. The van der Waals surface area contributed by atoms with Crippen molar-refractivity contribution in [3.05, 3.63) is 35.9 Å². The zero-order valence-corrected chi connectivity index (χ0v) is 13.2. The van der Waals surface area contributed by atoms with Gasteiger partial charge in [0.2, 0.25) is 0 Å². The highest BCUT2D eigenvalue weighted by atomic mass is 15.3. The first kappa shape index (κ1) is 13.8. The van der Waals surface area contributed by atoms with Crippen LogP contribution in [0.4, 0.5) is 0 Å². The summed E-state index contributed by atoms with van der Waals surface area (Å²) in [5, 5.41) is 3.91. The van der Waals surface area contributed by atoms with Crippen molar-refractivity contribution in [2.75, 3.05) is 19.6 Å². The molecule has 0 spiro atoms. The quantitative estimate of drug-likeness (QED) is 0.894. The lowest BCUT2D eigenvalue weighted by Crippen LogP contribution is -2.64. The zero-order valence-electron chi connectivity index (χ0n) is 13.2. The first-order valence-corrected chi connectivity index (χ1v) is 8.76. The van der Waals surface area contributed by atoms with Gasteiger partial charge in [-0.3, -0.25) is 4.90 Å². The van der Waals surface area contributed by atoms with Crippen LogP contribution in [0, 0.1) is 11.8 Å². The van der Waals surface area contributed by atoms with Crippen molar-refractivity contribution in [2.45, 2.75) is 50.6 Å². The molecule has 1 aromatic rings. The number of hydrogen-bond donors (Lipinski definition) is 1. The van der Waals surface area contributed by atoms with Crippen molar-refractivity contribution in [2.24, 2.45) is 11.8 Å². The van der Waals surface area contributed by atoms with Crippen LogP contribution < -0.4 is 5.32 Å². The van der Waals surface area contributed by atoms with E-state index >= 15 is 0 Å². The maximum Gasteiger partial charge on any atom is 0.0309 e. The van der Waals surface area contributed by atoms with Gasteiger partial charge in [0.15, 0.2) is 0 Å². The van der Waals surface area contributed by atoms with Crippen molar-refractivity contribution in [3.63, 3.8) is 0 Å². The fourth-order valence-electron chi connectivity index (χ4n) is 4.01. The Morgan fingerprint density at radius 3 is 2.57 bits per heavy atom. The van der Waals surface area contributed by atoms with Crippen molar-refractivity contribution in [3.8, 4) is 0 Å². The lowest BCUT2D eigenvalue weighted by Gasteiger charge is -2.47. The molecule has 0 bridgehead atoms. The molecule has 4 rings (SSSR count). The van der Waals surface area contributed by atoms with Gasteiger partial charge in [-0.25, -0.2) is 0 Å². The van der Waals surface area contributed by atoms with E-state index in [-0.39, 0.29) is 0 Å². The van der Waals surface area contributed by atoms with Gasteiger partial charge in [0, 0.05) is 31.2 Å². The summed E-state index contributed by atoms with van der Waals surface area (Å²) in [5.41, 5.74) is 1.86. The van der Waals surface area contributed by atoms with Crippen molar-refractivity contribution < 1.29 is 0 Å². The van der Waals surface area contributed by atoms with Gasteiger partial charge in [0.05, 0.1) is 0 Å². The van der Waals surface area contributed by atoms with Crippen LogP contribution in [-0.2, 0) is 6.42 Å². The van der Waals surface area contributed by atoms with E-state index in [9.17, 15) is 0 Å². The maximum atomic E-state index is 3.91. The number of benzene rings is 1. The highest BCUT2D eigenvalue weighted by Crippen LogP contribution is 2.42. The zero-order chi connectivity index (χ0) is 14.3. The van der Waals surface area contributed by atoms with E-state index in [0.717, 1.165) is 18.4 Å². The molecule has 2 unspecified atom stereocenters. The smallest absolute Gasteiger partial charge is 0.0309 e. The lowest BCUT2D eigenvalue weighted by atomic mass is 9.89. The fourth-order valence-corrected chi connectivity index (χ4v) is 4.01. The second-order valence-corrected chi connectivity index (χ2v) is 7.79. The molecule has 1 aromatic carbocycles. The molecular weight excluding hydrogens is 256 g/mol. The Morgan fingerprint density at radius 2 is 1.90 bits per heavy atom. The summed E-state index contributed by atoms with van der Waals surface area (Å²) in [6.45, 7) is 6.21. The summed E-state index contributed by atoms with van der Waals surface area (Å²) in [6, 6.07) is 11.7. The number of nitrogens with one attached hydrogen (secondary N) is 1. The van der Waals surface area contributed by atoms with Crippen LogP contribution >= 0.6 is 0 Å². The van der Waals surface area contributed by atoms with E-state index in [2.05, 4.69) is 47.5 Å². The van der Waals surface area contributed by atoms with Crippen LogP contribution in [-0.4, -0.2) is 36.1 Å². The van der Waals surface area contributed by atoms with Crippen molar-refractivity contribution >= 4 is 0 Å². The van der Waals surface area contributed by atoms with Crippen LogP contribution in [0.5, 0.6) is 0 Å². The molecule has 1 N–H and O–H groups in total. The molecule has 2 atom stereocenters. The molecule has 2 heteroatoms. The minimum Gasteiger partial charge on any atom is -0.308 e. The number of rotatable bonds is 5. The molecule has 2 nitrogen and oxygen atoms in total. The van der Waals surface area contributed by atoms with Gasteiger partial charge in [-0.05, 0) is 56.4 Å². The number of hydrogen-bond acceptors (Lipinski definition) is 2. The molecule has 1 saturated heterocycles. The molecule has 21 heavy (non-hydrogen) atoms.